The van der Waals surface area contributed by atoms with Gasteiger partial charge in [-0.05, 0) is 30.7 Å². The standard InChI is InChI=1S/C27H21F2N5O3/c28-26(29)37-22-4-2-1-3-19(22)20-9-21(35)24-25(20)33-12-15(5-8-23(33)32-24)16-10-30-27(31-11-16)34-17-6-7-18(34)14-36-13-17/h1-6,8,10-12,17,20-21,26,35H,9,13-14H2/t17-,20-,21-/m1/s1. The molecule has 2 aliphatic heterocycles. The quantitative estimate of drug-likeness (QED) is 0.410. The topological polar surface area (TPSA) is 85.0 Å². The molecule has 7 rings (SSSR count). The SMILES string of the molecule is O[C@@H]1C[C@H](c2ccccc2OC(F)F)c2c1nc1ccc(-c3cnc(N4C5=C=C[C@@H]4COC5)nc3)cn21. The molecule has 0 unspecified atom stereocenters. The number of morpholine rings is 1. The lowest BCUT2D eigenvalue weighted by Gasteiger charge is -2.31. The molecule has 1 fully saturated rings. The Balaban J connectivity index is 1.26. The number of para-hydroxylation sites is 1. The van der Waals surface area contributed by atoms with Crippen molar-refractivity contribution in [2.75, 3.05) is 18.1 Å². The second-order valence-electron chi connectivity index (χ2n) is 9.23. The highest BCUT2D eigenvalue weighted by Crippen LogP contribution is 2.47. The lowest BCUT2D eigenvalue weighted by molar-refractivity contribution is -0.0506. The largest absolute Gasteiger partial charge is 0.435 e. The number of anilines is 1. The number of benzene rings is 1. The van der Waals surface area contributed by atoms with Crippen molar-refractivity contribution in [1.82, 2.24) is 19.4 Å². The van der Waals surface area contributed by atoms with Gasteiger partial charge in [-0.1, -0.05) is 23.9 Å². The first-order valence-electron chi connectivity index (χ1n) is 12.0. The molecule has 37 heavy (non-hydrogen) atoms. The molecule has 1 aliphatic carbocycles. The Morgan fingerprint density at radius 1 is 1.11 bits per heavy atom. The van der Waals surface area contributed by atoms with Gasteiger partial charge in [-0.2, -0.15) is 8.78 Å². The Hall–Kier alpha value is -4.11. The number of alkyl halides is 2. The van der Waals surface area contributed by atoms with E-state index in [1.165, 1.54) is 6.07 Å². The van der Waals surface area contributed by atoms with Crippen LogP contribution in [0.25, 0.3) is 16.8 Å². The van der Waals surface area contributed by atoms with Gasteiger partial charge in [0.1, 0.15) is 11.4 Å². The lowest BCUT2D eigenvalue weighted by atomic mass is 9.95. The average molecular weight is 501 g/mol. The fraction of sp³-hybridized carbons (Fsp3) is 0.259. The number of hydrogen-bond donors (Lipinski definition) is 1. The van der Waals surface area contributed by atoms with Crippen molar-refractivity contribution < 1.29 is 23.4 Å². The molecule has 0 saturated carbocycles. The summed E-state index contributed by atoms with van der Waals surface area (Å²) < 4.78 is 38.4. The third-order valence-corrected chi connectivity index (χ3v) is 7.08. The first kappa shape index (κ1) is 22.1. The van der Waals surface area contributed by atoms with Crippen LogP contribution in [-0.4, -0.2) is 50.3 Å². The van der Waals surface area contributed by atoms with E-state index in [4.69, 9.17) is 9.47 Å². The molecule has 4 aromatic rings. The van der Waals surface area contributed by atoms with Gasteiger partial charge >= 0.3 is 6.61 Å². The predicted octanol–water partition coefficient (Wildman–Crippen LogP) is 4.22. The minimum atomic E-state index is -2.94. The fourth-order valence-corrected chi connectivity index (χ4v) is 5.45. The highest BCUT2D eigenvalue weighted by Gasteiger charge is 2.37. The molecular formula is C27H21F2N5O3. The fourth-order valence-electron chi connectivity index (χ4n) is 5.45. The van der Waals surface area contributed by atoms with E-state index >= 15 is 0 Å². The molecule has 1 saturated heterocycles. The van der Waals surface area contributed by atoms with Crippen LogP contribution in [0.4, 0.5) is 14.7 Å². The normalized spacial score (nSPS) is 22.1. The Morgan fingerprint density at radius 2 is 1.95 bits per heavy atom. The van der Waals surface area contributed by atoms with Crippen molar-refractivity contribution in [3.63, 3.8) is 0 Å². The molecule has 0 radical (unpaired) electrons. The minimum absolute atomic E-state index is 0.0553. The van der Waals surface area contributed by atoms with Gasteiger partial charge in [-0.15, -0.1) is 0 Å². The zero-order valence-corrected chi connectivity index (χ0v) is 19.5. The van der Waals surface area contributed by atoms with Crippen LogP contribution < -0.4 is 9.64 Å². The molecule has 3 atom stereocenters. The Kier molecular flexibility index (Phi) is 5.07. The molecule has 5 heterocycles. The monoisotopic (exact) mass is 501 g/mol. The number of ether oxygens (including phenoxy) is 2. The van der Waals surface area contributed by atoms with Crippen LogP contribution in [0, 0.1) is 0 Å². The number of aliphatic hydroxyl groups is 1. The third-order valence-electron chi connectivity index (χ3n) is 7.08. The van der Waals surface area contributed by atoms with E-state index in [2.05, 4.69) is 20.7 Å². The number of aromatic nitrogens is 4. The van der Waals surface area contributed by atoms with Crippen molar-refractivity contribution >= 4 is 11.6 Å². The van der Waals surface area contributed by atoms with Gasteiger partial charge in [0.15, 0.2) is 0 Å². The molecule has 0 spiro atoms. The molecule has 1 N–H and O–H groups in total. The summed E-state index contributed by atoms with van der Waals surface area (Å²) in [4.78, 5) is 15.9. The molecule has 1 aromatic carbocycles. The molecule has 2 bridgehead atoms. The summed E-state index contributed by atoms with van der Waals surface area (Å²) in [5, 5.41) is 10.8. The minimum Gasteiger partial charge on any atom is -0.435 e. The van der Waals surface area contributed by atoms with Gasteiger partial charge in [0.05, 0.1) is 42.4 Å². The molecular weight excluding hydrogens is 480 g/mol. The van der Waals surface area contributed by atoms with Crippen molar-refractivity contribution in [1.29, 1.82) is 0 Å². The maximum Gasteiger partial charge on any atom is 0.387 e. The number of nitrogens with zero attached hydrogens (tertiary/aromatic N) is 5. The van der Waals surface area contributed by atoms with Crippen LogP contribution >= 0.6 is 0 Å². The zero-order chi connectivity index (χ0) is 25.1. The Bertz CT molecular complexity index is 1580. The van der Waals surface area contributed by atoms with E-state index in [0.717, 1.165) is 22.5 Å². The van der Waals surface area contributed by atoms with Crippen molar-refractivity contribution in [3.05, 3.63) is 89.4 Å². The summed E-state index contributed by atoms with van der Waals surface area (Å²) in [5.41, 5.74) is 8.36. The van der Waals surface area contributed by atoms with Gasteiger partial charge < -0.3 is 19.0 Å². The van der Waals surface area contributed by atoms with Gasteiger partial charge in [-0.3, -0.25) is 4.90 Å². The van der Waals surface area contributed by atoms with Gasteiger partial charge in [0, 0.05) is 41.2 Å². The summed E-state index contributed by atoms with van der Waals surface area (Å²) >= 11 is 0. The van der Waals surface area contributed by atoms with Crippen LogP contribution in [-0.2, 0) is 4.74 Å². The molecule has 8 nitrogen and oxygen atoms in total. The molecule has 0 amide bonds. The van der Waals surface area contributed by atoms with Crippen LogP contribution in [0.1, 0.15) is 35.4 Å². The smallest absolute Gasteiger partial charge is 0.387 e. The Morgan fingerprint density at radius 3 is 2.76 bits per heavy atom. The number of hydrogen-bond acceptors (Lipinski definition) is 7. The van der Waals surface area contributed by atoms with E-state index in [-0.39, 0.29) is 17.7 Å². The van der Waals surface area contributed by atoms with Crippen LogP contribution in [0.3, 0.4) is 0 Å². The van der Waals surface area contributed by atoms with E-state index in [0.29, 0.717) is 42.5 Å². The number of halogens is 2. The first-order chi connectivity index (χ1) is 18.1. The van der Waals surface area contributed by atoms with E-state index < -0.39 is 12.7 Å². The first-order valence-corrected chi connectivity index (χ1v) is 12.0. The highest BCUT2D eigenvalue weighted by atomic mass is 19.3. The van der Waals surface area contributed by atoms with Crippen molar-refractivity contribution in [2.45, 2.75) is 31.1 Å². The van der Waals surface area contributed by atoms with Crippen LogP contribution in [0.2, 0.25) is 0 Å². The summed E-state index contributed by atoms with van der Waals surface area (Å²) in [5.74, 6) is 0.331. The van der Waals surface area contributed by atoms with Gasteiger partial charge in [-0.25, -0.2) is 15.0 Å². The highest BCUT2D eigenvalue weighted by molar-refractivity contribution is 5.65. The third kappa shape index (κ3) is 3.61. The molecule has 10 heteroatoms. The lowest BCUT2D eigenvalue weighted by Crippen LogP contribution is -2.40. The average Bonchev–Trinajstić information content (AvgIpc) is 3.52. The van der Waals surface area contributed by atoms with Gasteiger partial charge in [0.25, 0.3) is 0 Å². The second-order valence-corrected chi connectivity index (χ2v) is 9.23. The number of rotatable bonds is 5. The number of fused-ring (bicyclic) bond motifs is 5. The number of pyridine rings is 1. The van der Waals surface area contributed by atoms with Crippen LogP contribution in [0.5, 0.6) is 5.75 Å². The summed E-state index contributed by atoms with van der Waals surface area (Å²) in [6, 6.07) is 10.5. The Labute approximate surface area is 210 Å². The number of imidazole rings is 1. The maximum atomic E-state index is 13.1. The maximum absolute atomic E-state index is 13.1. The second kappa shape index (κ2) is 8.48. The summed E-state index contributed by atoms with van der Waals surface area (Å²) in [7, 11) is 0. The molecule has 3 aliphatic rings. The molecule has 186 valence electrons. The van der Waals surface area contributed by atoms with Crippen LogP contribution in [0.15, 0.2) is 72.5 Å². The summed E-state index contributed by atoms with van der Waals surface area (Å²) in [6.45, 7) is -1.88. The van der Waals surface area contributed by atoms with Crippen molar-refractivity contribution in [2.24, 2.45) is 0 Å². The number of aliphatic hydroxyl groups excluding tert-OH is 1. The zero-order valence-electron chi connectivity index (χ0n) is 19.5. The van der Waals surface area contributed by atoms with Gasteiger partial charge in [0.2, 0.25) is 5.95 Å². The van der Waals surface area contributed by atoms with E-state index in [1.807, 2.05) is 33.7 Å². The van der Waals surface area contributed by atoms with E-state index in [1.54, 1.807) is 30.6 Å². The van der Waals surface area contributed by atoms with Crippen molar-refractivity contribution in [3.8, 4) is 16.9 Å². The molecule has 3 aromatic heterocycles. The summed E-state index contributed by atoms with van der Waals surface area (Å²) in [6.07, 6.45) is 6.96. The predicted molar refractivity (Wildman–Crippen MR) is 129 cm³/mol. The van der Waals surface area contributed by atoms with E-state index in [9.17, 15) is 13.9 Å².